The molecule has 0 radical (unpaired) electrons. The Morgan fingerprint density at radius 1 is 1.33 bits per heavy atom. The average molecular weight is 373 g/mol. The number of alkyl halides is 1. The van der Waals surface area contributed by atoms with Crippen LogP contribution >= 0.6 is 0 Å². The lowest BCUT2D eigenvalue weighted by molar-refractivity contribution is 0.142. The zero-order chi connectivity index (χ0) is 19.4. The molecule has 2 fully saturated rings. The van der Waals surface area contributed by atoms with Gasteiger partial charge in [-0.2, -0.15) is 0 Å². The van der Waals surface area contributed by atoms with Crippen LogP contribution in [0.3, 0.4) is 0 Å². The van der Waals surface area contributed by atoms with Crippen LogP contribution in [0.4, 0.5) is 4.39 Å². The van der Waals surface area contributed by atoms with E-state index in [9.17, 15) is 9.50 Å². The zero-order valence-electron chi connectivity index (χ0n) is 16.5. The van der Waals surface area contributed by atoms with Gasteiger partial charge in [0.25, 0.3) is 0 Å². The van der Waals surface area contributed by atoms with Gasteiger partial charge < -0.3 is 10.2 Å². The first kappa shape index (κ1) is 20.3. The lowest BCUT2D eigenvalue weighted by Crippen LogP contribution is -2.30. The van der Waals surface area contributed by atoms with Crippen molar-refractivity contribution in [1.29, 1.82) is 0 Å². The molecular formula is C24H33FO2. The first-order chi connectivity index (χ1) is 13.0. The molecule has 2 nitrogen and oxygen atoms in total. The Hall–Kier alpha value is -1.45. The Morgan fingerprint density at radius 3 is 2.93 bits per heavy atom. The minimum atomic E-state index is -0.974. The Balaban J connectivity index is 1.73. The van der Waals surface area contributed by atoms with Gasteiger partial charge >= 0.3 is 0 Å². The molecular weight excluding hydrogens is 339 g/mol. The van der Waals surface area contributed by atoms with Gasteiger partial charge in [0, 0.05) is 12.8 Å². The largest absolute Gasteiger partial charge is 0.392 e. The molecule has 3 aliphatic carbocycles. The molecule has 3 heteroatoms. The van der Waals surface area contributed by atoms with Crippen LogP contribution in [-0.4, -0.2) is 29.1 Å². The van der Waals surface area contributed by atoms with Crippen molar-refractivity contribution in [3.05, 3.63) is 59.3 Å². The summed E-state index contributed by atoms with van der Waals surface area (Å²) in [6, 6.07) is 0. The Bertz CT molecular complexity index is 684. The van der Waals surface area contributed by atoms with Gasteiger partial charge in [-0.25, -0.2) is 4.39 Å². The van der Waals surface area contributed by atoms with Crippen LogP contribution in [0, 0.1) is 11.3 Å². The second kappa shape index (κ2) is 8.70. The predicted molar refractivity (Wildman–Crippen MR) is 109 cm³/mol. The van der Waals surface area contributed by atoms with Crippen molar-refractivity contribution in [2.75, 3.05) is 6.61 Å². The summed E-state index contributed by atoms with van der Waals surface area (Å²) in [5, 5.41) is 18.9. The molecule has 3 rings (SSSR count). The first-order valence-corrected chi connectivity index (χ1v) is 10.3. The van der Waals surface area contributed by atoms with Crippen molar-refractivity contribution in [2.45, 2.75) is 70.6 Å². The van der Waals surface area contributed by atoms with E-state index in [0.717, 1.165) is 31.3 Å². The van der Waals surface area contributed by atoms with Crippen LogP contribution < -0.4 is 0 Å². The molecule has 0 aliphatic heterocycles. The van der Waals surface area contributed by atoms with Gasteiger partial charge in [0.15, 0.2) is 0 Å². The summed E-state index contributed by atoms with van der Waals surface area (Å²) < 4.78 is 13.8. The quantitative estimate of drug-likeness (QED) is 0.638. The van der Waals surface area contributed by atoms with E-state index in [1.807, 2.05) is 12.2 Å². The van der Waals surface area contributed by atoms with E-state index >= 15 is 0 Å². The number of fused-ring (bicyclic) bond motifs is 1. The van der Waals surface area contributed by atoms with Crippen molar-refractivity contribution in [3.8, 4) is 0 Å². The van der Waals surface area contributed by atoms with E-state index in [-0.39, 0.29) is 18.4 Å². The smallest absolute Gasteiger partial charge is 0.107 e. The SMILES string of the molecule is C=C1C(=CC=C2CCCC3(C)C(CCC=CCO)=CCC23)CC(F)CC1O. The minimum absolute atomic E-state index is 0.111. The number of hydrogen-bond acceptors (Lipinski definition) is 2. The fourth-order valence-electron chi connectivity index (χ4n) is 5.16. The minimum Gasteiger partial charge on any atom is -0.392 e. The van der Waals surface area contributed by atoms with Gasteiger partial charge in [-0.05, 0) is 61.0 Å². The van der Waals surface area contributed by atoms with Crippen LogP contribution in [0.2, 0.25) is 0 Å². The number of rotatable bonds is 5. The molecule has 27 heavy (non-hydrogen) atoms. The lowest BCUT2D eigenvalue weighted by Gasteiger charge is -2.41. The van der Waals surface area contributed by atoms with Gasteiger partial charge in [-0.3, -0.25) is 0 Å². The summed E-state index contributed by atoms with van der Waals surface area (Å²) in [7, 11) is 0. The second-order valence-electron chi connectivity index (χ2n) is 8.49. The van der Waals surface area contributed by atoms with Gasteiger partial charge in [0.1, 0.15) is 6.17 Å². The molecule has 0 aromatic rings. The van der Waals surface area contributed by atoms with E-state index in [1.165, 1.54) is 18.4 Å². The van der Waals surface area contributed by atoms with Crippen LogP contribution in [-0.2, 0) is 0 Å². The fraction of sp³-hybridized carbons (Fsp3) is 0.583. The number of hydrogen-bond donors (Lipinski definition) is 2. The zero-order valence-corrected chi connectivity index (χ0v) is 16.5. The molecule has 0 spiro atoms. The number of aliphatic hydroxyl groups is 2. The molecule has 0 heterocycles. The molecule has 2 N–H and O–H groups in total. The second-order valence-corrected chi connectivity index (χ2v) is 8.49. The highest BCUT2D eigenvalue weighted by atomic mass is 19.1. The third kappa shape index (κ3) is 4.35. The van der Waals surface area contributed by atoms with Crippen LogP contribution in [0.15, 0.2) is 59.3 Å². The van der Waals surface area contributed by atoms with E-state index in [1.54, 1.807) is 5.57 Å². The van der Waals surface area contributed by atoms with Crippen molar-refractivity contribution in [3.63, 3.8) is 0 Å². The molecule has 4 unspecified atom stereocenters. The van der Waals surface area contributed by atoms with E-state index in [0.29, 0.717) is 17.9 Å². The lowest BCUT2D eigenvalue weighted by atomic mass is 9.63. The van der Waals surface area contributed by atoms with Crippen LogP contribution in [0.1, 0.15) is 58.3 Å². The standard InChI is InChI=1S/C24H33FO2/c1-17-19(15-21(25)16-23(17)27)10-9-18-7-6-13-24(2)20(11-12-22(18)24)8-4-3-5-14-26/h3,5,9-11,21-23,26-27H,1,4,6-8,12-16H2,2H3. The predicted octanol–water partition coefficient (Wildman–Crippen LogP) is 5.35. The molecule has 0 amide bonds. The van der Waals surface area contributed by atoms with Crippen LogP contribution in [0.5, 0.6) is 0 Å². The maximum atomic E-state index is 13.8. The van der Waals surface area contributed by atoms with E-state index < -0.39 is 12.3 Å². The molecule has 3 aliphatic rings. The van der Waals surface area contributed by atoms with Gasteiger partial charge in [0.2, 0.25) is 0 Å². The highest BCUT2D eigenvalue weighted by molar-refractivity contribution is 5.40. The molecule has 0 aromatic carbocycles. The third-order valence-corrected chi connectivity index (χ3v) is 6.80. The van der Waals surface area contributed by atoms with Crippen LogP contribution in [0.25, 0.3) is 0 Å². The van der Waals surface area contributed by atoms with Crippen molar-refractivity contribution in [1.82, 2.24) is 0 Å². The normalized spacial score (nSPS) is 37.3. The van der Waals surface area contributed by atoms with Gasteiger partial charge in [0.05, 0.1) is 12.7 Å². The van der Waals surface area contributed by atoms with Gasteiger partial charge in [-0.1, -0.05) is 55.0 Å². The molecule has 0 aromatic heterocycles. The Kier molecular flexibility index (Phi) is 6.54. The molecule has 0 saturated heterocycles. The molecule has 0 bridgehead atoms. The third-order valence-electron chi connectivity index (χ3n) is 6.80. The topological polar surface area (TPSA) is 40.5 Å². The number of allylic oxidation sites excluding steroid dienone is 6. The molecule has 148 valence electrons. The summed E-state index contributed by atoms with van der Waals surface area (Å²) in [6.45, 7) is 6.47. The Labute approximate surface area is 162 Å². The van der Waals surface area contributed by atoms with Gasteiger partial charge in [-0.15, -0.1) is 0 Å². The summed E-state index contributed by atoms with van der Waals surface area (Å²) in [5.74, 6) is 0.530. The fourth-order valence-corrected chi connectivity index (χ4v) is 5.16. The highest BCUT2D eigenvalue weighted by Crippen LogP contribution is 2.55. The number of halogens is 1. The first-order valence-electron chi connectivity index (χ1n) is 10.3. The average Bonchev–Trinajstić information content (AvgIpc) is 2.97. The van der Waals surface area contributed by atoms with Crippen molar-refractivity contribution in [2.24, 2.45) is 11.3 Å². The number of aliphatic hydroxyl groups excluding tert-OH is 2. The van der Waals surface area contributed by atoms with E-state index in [2.05, 4.69) is 31.7 Å². The molecule has 4 atom stereocenters. The van der Waals surface area contributed by atoms with Crippen molar-refractivity contribution >= 4 is 0 Å². The Morgan fingerprint density at radius 2 is 2.15 bits per heavy atom. The van der Waals surface area contributed by atoms with E-state index in [4.69, 9.17) is 5.11 Å². The highest BCUT2D eigenvalue weighted by Gasteiger charge is 2.44. The summed E-state index contributed by atoms with van der Waals surface area (Å²) in [5.41, 5.74) is 4.77. The summed E-state index contributed by atoms with van der Waals surface area (Å²) >= 11 is 0. The van der Waals surface area contributed by atoms with Crippen molar-refractivity contribution < 1.29 is 14.6 Å². The molecule has 2 saturated carbocycles. The summed E-state index contributed by atoms with van der Waals surface area (Å²) in [4.78, 5) is 0. The summed E-state index contributed by atoms with van der Waals surface area (Å²) in [6.07, 6.45) is 15.9. The maximum Gasteiger partial charge on any atom is 0.107 e. The maximum absolute atomic E-state index is 13.8. The monoisotopic (exact) mass is 372 g/mol.